The fourth-order valence-corrected chi connectivity index (χ4v) is 2.30. The summed E-state index contributed by atoms with van der Waals surface area (Å²) in [7, 11) is 0. The molecular formula is C18H23ClF3N3O5. The fraction of sp³-hybridized carbons (Fsp3) is 0.556. The van der Waals surface area contributed by atoms with Crippen LogP contribution in [0, 0.1) is 5.82 Å². The Bertz CT molecular complexity index is 774. The van der Waals surface area contributed by atoms with Gasteiger partial charge in [0.15, 0.2) is 17.1 Å². The van der Waals surface area contributed by atoms with Crippen LogP contribution in [0.3, 0.4) is 0 Å². The number of alkyl halides is 2. The molecule has 0 spiro atoms. The van der Waals surface area contributed by atoms with Crippen molar-refractivity contribution in [2.75, 3.05) is 19.6 Å². The summed E-state index contributed by atoms with van der Waals surface area (Å²) < 4.78 is 50.7. The monoisotopic (exact) mass is 453 g/mol. The lowest BCUT2D eigenvalue weighted by Gasteiger charge is -2.28. The molecule has 30 heavy (non-hydrogen) atoms. The lowest BCUT2D eigenvalue weighted by Crippen LogP contribution is -2.41. The zero-order chi connectivity index (χ0) is 23.1. The number of ether oxygens (including phenoxy) is 2. The van der Waals surface area contributed by atoms with E-state index in [1.54, 1.807) is 20.8 Å². The first kappa shape index (κ1) is 25.5. The summed E-state index contributed by atoms with van der Waals surface area (Å²) in [5.41, 5.74) is -1.57. The van der Waals surface area contributed by atoms with Crippen molar-refractivity contribution in [3.8, 4) is 5.88 Å². The van der Waals surface area contributed by atoms with Crippen molar-refractivity contribution in [1.82, 2.24) is 9.88 Å². The van der Waals surface area contributed by atoms with E-state index in [2.05, 4.69) is 16.7 Å². The average Bonchev–Trinajstić information content (AvgIpc) is 2.61. The predicted octanol–water partition coefficient (Wildman–Crippen LogP) is 3.91. The topological polar surface area (TPSA) is 101 Å². The van der Waals surface area contributed by atoms with E-state index in [4.69, 9.17) is 26.2 Å². The van der Waals surface area contributed by atoms with Gasteiger partial charge in [-0.3, -0.25) is 4.99 Å². The van der Waals surface area contributed by atoms with Crippen LogP contribution >= 0.6 is 11.6 Å². The van der Waals surface area contributed by atoms with Gasteiger partial charge in [0.1, 0.15) is 11.2 Å². The van der Waals surface area contributed by atoms with Gasteiger partial charge in [-0.1, -0.05) is 11.6 Å². The van der Waals surface area contributed by atoms with Crippen molar-refractivity contribution >= 4 is 30.4 Å². The van der Waals surface area contributed by atoms with Crippen molar-refractivity contribution in [1.29, 1.82) is 0 Å². The molecule has 1 heterocycles. The van der Waals surface area contributed by atoms with Gasteiger partial charge in [0.05, 0.1) is 6.54 Å². The highest BCUT2D eigenvalue weighted by Crippen LogP contribution is 2.25. The molecule has 168 valence electrons. The van der Waals surface area contributed by atoms with Gasteiger partial charge in [-0.2, -0.15) is 4.98 Å². The summed E-state index contributed by atoms with van der Waals surface area (Å²) in [4.78, 5) is 31.7. The number of carbonyl (C=O) groups is 2. The van der Waals surface area contributed by atoms with E-state index in [1.165, 1.54) is 0 Å². The molecule has 0 fully saturated rings. The summed E-state index contributed by atoms with van der Waals surface area (Å²) in [6, 6.07) is 0.526. The first-order chi connectivity index (χ1) is 13.9. The van der Waals surface area contributed by atoms with Crippen LogP contribution in [0.1, 0.15) is 37.6 Å². The fourth-order valence-electron chi connectivity index (χ4n) is 2.17. The third-order valence-electron chi connectivity index (χ3n) is 3.54. The molecule has 0 aliphatic rings. The van der Waals surface area contributed by atoms with Crippen molar-refractivity contribution in [3.63, 3.8) is 0 Å². The Labute approximate surface area is 176 Å². The lowest BCUT2D eigenvalue weighted by atomic mass is 10.2. The molecule has 1 N–H and O–H groups in total. The number of aliphatic imine (C=N–C) groups is 1. The van der Waals surface area contributed by atoms with E-state index in [0.29, 0.717) is 6.07 Å². The Balaban J connectivity index is 3.00. The second kappa shape index (κ2) is 11.0. The Morgan fingerprint density at radius 2 is 2.00 bits per heavy atom. The number of hydrogen-bond acceptors (Lipinski definition) is 6. The highest BCUT2D eigenvalue weighted by Gasteiger charge is 2.29. The smallest absolute Gasteiger partial charge is 0.410 e. The zero-order valence-electron chi connectivity index (χ0n) is 16.7. The van der Waals surface area contributed by atoms with Gasteiger partial charge in [0, 0.05) is 19.5 Å². The number of carboxylic acid groups (broad SMARTS) is 1. The molecule has 0 saturated carbocycles. The van der Waals surface area contributed by atoms with Gasteiger partial charge < -0.3 is 19.5 Å². The first-order valence-corrected chi connectivity index (χ1v) is 9.18. The van der Waals surface area contributed by atoms with E-state index in [-0.39, 0.29) is 19.6 Å². The maximum Gasteiger partial charge on any atom is 0.410 e. The summed E-state index contributed by atoms with van der Waals surface area (Å²) in [6.07, 6.45) is -6.05. The second-order valence-electron chi connectivity index (χ2n) is 7.11. The number of nitrogens with zero attached hydrogens (tertiary/aromatic N) is 3. The van der Waals surface area contributed by atoms with E-state index in [9.17, 15) is 22.8 Å². The molecule has 1 amide bonds. The molecule has 1 rings (SSSR count). The minimum Gasteiger partial charge on any atom is -0.477 e. The van der Waals surface area contributed by atoms with Crippen LogP contribution in [-0.2, 0) is 4.74 Å². The van der Waals surface area contributed by atoms with E-state index < -0.39 is 59.0 Å². The Hall–Kier alpha value is -2.56. The number of carbonyl (C=O) groups excluding carboxylic acids is 1. The van der Waals surface area contributed by atoms with Crippen molar-refractivity contribution < 1.29 is 37.3 Å². The number of amides is 1. The van der Waals surface area contributed by atoms with Crippen molar-refractivity contribution in [2.45, 2.75) is 45.3 Å². The normalized spacial score (nSPS) is 12.4. The minimum absolute atomic E-state index is 0.0649. The highest BCUT2D eigenvalue weighted by atomic mass is 35.5. The number of rotatable bonds is 10. The SMILES string of the molecule is C=NCCN(CC[C@@H](Oc1nc(Cl)c(F)cc1C(=O)O)C(F)F)C(=O)OC(C)(C)C. The number of halogens is 4. The second-order valence-corrected chi connectivity index (χ2v) is 7.47. The number of hydrogen-bond donors (Lipinski definition) is 1. The molecule has 8 nitrogen and oxygen atoms in total. The molecule has 0 aliphatic heterocycles. The van der Waals surface area contributed by atoms with Crippen molar-refractivity contribution in [2.24, 2.45) is 4.99 Å². The molecule has 0 bridgehead atoms. The summed E-state index contributed by atoms with van der Waals surface area (Å²) >= 11 is 5.51. The van der Waals surface area contributed by atoms with Gasteiger partial charge in [0.25, 0.3) is 6.43 Å². The van der Waals surface area contributed by atoms with Crippen LogP contribution in [0.4, 0.5) is 18.0 Å². The highest BCUT2D eigenvalue weighted by molar-refractivity contribution is 6.29. The standard InChI is InChI=1S/C18H23ClF3N3O5/c1-18(2,3)30-17(28)25(8-6-23-4)7-5-12(14(21)22)29-15-10(16(26)27)9-11(20)13(19)24-15/h9,12,14H,4-8H2,1-3H3,(H,26,27)/t12-/m1/s1. The lowest BCUT2D eigenvalue weighted by molar-refractivity contribution is -0.00678. The van der Waals surface area contributed by atoms with Crippen LogP contribution in [0.25, 0.3) is 0 Å². The maximum absolute atomic E-state index is 13.5. The Morgan fingerprint density at radius 3 is 2.50 bits per heavy atom. The van der Waals surface area contributed by atoms with Crippen LogP contribution in [0.2, 0.25) is 5.15 Å². The van der Waals surface area contributed by atoms with E-state index >= 15 is 0 Å². The van der Waals surface area contributed by atoms with E-state index in [0.717, 1.165) is 4.90 Å². The van der Waals surface area contributed by atoms with Gasteiger partial charge in [-0.15, -0.1) is 0 Å². The van der Waals surface area contributed by atoms with Gasteiger partial charge >= 0.3 is 12.1 Å². The number of carboxylic acids is 1. The van der Waals surface area contributed by atoms with Crippen LogP contribution in [0.5, 0.6) is 5.88 Å². The number of aromatic carboxylic acids is 1. The molecule has 1 atom stereocenters. The Kier molecular flexibility index (Phi) is 9.34. The third-order valence-corrected chi connectivity index (χ3v) is 3.80. The largest absolute Gasteiger partial charge is 0.477 e. The molecule has 0 aliphatic carbocycles. The molecule has 0 saturated heterocycles. The van der Waals surface area contributed by atoms with Crippen LogP contribution in [-0.4, -0.2) is 71.5 Å². The van der Waals surface area contributed by atoms with Gasteiger partial charge in [-0.05, 0) is 33.6 Å². The molecule has 12 heteroatoms. The zero-order valence-corrected chi connectivity index (χ0v) is 17.5. The van der Waals surface area contributed by atoms with Gasteiger partial charge in [0.2, 0.25) is 5.88 Å². The molecule has 0 aromatic carbocycles. The molecule has 0 unspecified atom stereocenters. The summed E-state index contributed by atoms with van der Waals surface area (Å²) in [6.45, 7) is 8.26. The molecular weight excluding hydrogens is 431 g/mol. The molecule has 1 aromatic rings. The molecule has 0 radical (unpaired) electrons. The summed E-state index contributed by atoms with van der Waals surface area (Å²) in [5.74, 6) is -3.52. The van der Waals surface area contributed by atoms with Crippen LogP contribution < -0.4 is 4.74 Å². The van der Waals surface area contributed by atoms with Crippen LogP contribution in [0.15, 0.2) is 11.1 Å². The number of pyridine rings is 1. The maximum atomic E-state index is 13.5. The third kappa shape index (κ3) is 8.05. The van der Waals surface area contributed by atoms with E-state index in [1.807, 2.05) is 0 Å². The molecule has 1 aromatic heterocycles. The van der Waals surface area contributed by atoms with Gasteiger partial charge in [-0.25, -0.2) is 22.8 Å². The predicted molar refractivity (Wildman–Crippen MR) is 103 cm³/mol. The van der Waals surface area contributed by atoms with Crippen molar-refractivity contribution in [3.05, 3.63) is 22.6 Å². The minimum atomic E-state index is -3.06. The average molecular weight is 454 g/mol. The summed E-state index contributed by atoms with van der Waals surface area (Å²) in [5, 5.41) is 8.40. The first-order valence-electron chi connectivity index (χ1n) is 8.80. The number of aromatic nitrogens is 1. The Morgan fingerprint density at radius 1 is 1.37 bits per heavy atom. The quantitative estimate of drug-likeness (QED) is 0.425.